The van der Waals surface area contributed by atoms with Gasteiger partial charge in [-0.15, -0.1) is 0 Å². The fourth-order valence-electron chi connectivity index (χ4n) is 3.56. The van der Waals surface area contributed by atoms with Gasteiger partial charge < -0.3 is 15.1 Å². The van der Waals surface area contributed by atoms with Crippen LogP contribution in [0.5, 0.6) is 0 Å². The van der Waals surface area contributed by atoms with Crippen molar-refractivity contribution in [2.24, 2.45) is 0 Å². The van der Waals surface area contributed by atoms with Gasteiger partial charge in [0.05, 0.1) is 11.4 Å². The number of fused-ring (bicyclic) bond motifs is 1. The Bertz CT molecular complexity index is 635. The molecule has 0 aromatic heterocycles. The Hall–Kier alpha value is -2.11. The van der Waals surface area contributed by atoms with E-state index >= 15 is 0 Å². The molecule has 1 atom stereocenters. The number of rotatable bonds is 4. The van der Waals surface area contributed by atoms with Crippen LogP contribution in [0.4, 0.5) is 15.8 Å². The summed E-state index contributed by atoms with van der Waals surface area (Å²) in [5, 5.41) is 2.88. The van der Waals surface area contributed by atoms with E-state index in [0.717, 1.165) is 38.0 Å². The predicted molar refractivity (Wildman–Crippen MR) is 91.7 cm³/mol. The fourth-order valence-corrected chi connectivity index (χ4v) is 3.56. The minimum Gasteiger partial charge on any atom is -0.368 e. The highest BCUT2D eigenvalue weighted by atomic mass is 19.1. The first-order valence-corrected chi connectivity index (χ1v) is 8.72. The highest BCUT2D eigenvalue weighted by Crippen LogP contribution is 2.34. The molecule has 0 bridgehead atoms. The van der Waals surface area contributed by atoms with Crippen molar-refractivity contribution in [1.29, 1.82) is 0 Å². The lowest BCUT2D eigenvalue weighted by Crippen LogP contribution is -2.47. The van der Waals surface area contributed by atoms with E-state index in [4.69, 9.17) is 0 Å². The van der Waals surface area contributed by atoms with Gasteiger partial charge in [0.15, 0.2) is 0 Å². The molecule has 2 aliphatic rings. The number of carbonyl (C=O) groups excluding carboxylic acids is 2. The second-order valence-corrected chi connectivity index (χ2v) is 6.53. The van der Waals surface area contributed by atoms with E-state index in [9.17, 15) is 14.0 Å². The Morgan fingerprint density at radius 1 is 1.33 bits per heavy atom. The number of hydrogen-bond donors (Lipinski definition) is 1. The summed E-state index contributed by atoms with van der Waals surface area (Å²) < 4.78 is 13.7. The zero-order valence-corrected chi connectivity index (χ0v) is 14.1. The molecule has 0 saturated carbocycles. The monoisotopic (exact) mass is 333 g/mol. The van der Waals surface area contributed by atoms with Crippen LogP contribution in [-0.4, -0.2) is 37.5 Å². The van der Waals surface area contributed by atoms with Gasteiger partial charge in [-0.1, -0.05) is 6.92 Å². The molecule has 0 spiro atoms. The van der Waals surface area contributed by atoms with E-state index in [1.165, 1.54) is 12.1 Å². The summed E-state index contributed by atoms with van der Waals surface area (Å²) in [6.45, 7) is 4.29. The molecule has 2 amide bonds. The van der Waals surface area contributed by atoms with Crippen LogP contribution >= 0.6 is 0 Å². The van der Waals surface area contributed by atoms with Crippen LogP contribution < -0.4 is 15.1 Å². The quantitative estimate of drug-likeness (QED) is 0.921. The van der Waals surface area contributed by atoms with E-state index in [1.54, 1.807) is 11.0 Å². The van der Waals surface area contributed by atoms with Crippen LogP contribution in [0.25, 0.3) is 0 Å². The number of halogens is 1. The molecule has 1 saturated heterocycles. The van der Waals surface area contributed by atoms with Crippen LogP contribution in [0.2, 0.25) is 0 Å². The average molecular weight is 333 g/mol. The van der Waals surface area contributed by atoms with Crippen LogP contribution in [0.1, 0.15) is 39.0 Å². The van der Waals surface area contributed by atoms with Gasteiger partial charge in [-0.2, -0.15) is 0 Å². The molecule has 24 heavy (non-hydrogen) atoms. The van der Waals surface area contributed by atoms with Gasteiger partial charge in [0.2, 0.25) is 11.8 Å². The molecule has 0 aliphatic carbocycles. The molecule has 2 aliphatic heterocycles. The maximum atomic E-state index is 13.7. The average Bonchev–Trinajstić information content (AvgIpc) is 2.55. The first-order valence-electron chi connectivity index (χ1n) is 8.72. The zero-order valence-electron chi connectivity index (χ0n) is 14.1. The van der Waals surface area contributed by atoms with Crippen LogP contribution in [0, 0.1) is 5.82 Å². The van der Waals surface area contributed by atoms with E-state index in [1.807, 2.05) is 0 Å². The molecule has 1 N–H and O–H groups in total. The third-order valence-electron chi connectivity index (χ3n) is 4.70. The summed E-state index contributed by atoms with van der Waals surface area (Å²) in [6.07, 6.45) is 3.45. The molecule has 5 nitrogen and oxygen atoms in total. The van der Waals surface area contributed by atoms with Crippen LogP contribution in [0.15, 0.2) is 18.2 Å². The molecule has 1 unspecified atom stereocenters. The first-order chi connectivity index (χ1) is 11.6. The number of carbonyl (C=O) groups is 2. The van der Waals surface area contributed by atoms with E-state index in [0.29, 0.717) is 18.7 Å². The molecule has 6 heteroatoms. The Morgan fingerprint density at radius 3 is 2.92 bits per heavy atom. The number of nitrogens with zero attached hydrogens (tertiary/aromatic N) is 2. The summed E-state index contributed by atoms with van der Waals surface area (Å²) in [4.78, 5) is 28.1. The highest BCUT2D eigenvalue weighted by Gasteiger charge is 2.29. The van der Waals surface area contributed by atoms with Gasteiger partial charge in [0, 0.05) is 38.5 Å². The number of anilines is 2. The van der Waals surface area contributed by atoms with Gasteiger partial charge in [-0.3, -0.25) is 9.59 Å². The summed E-state index contributed by atoms with van der Waals surface area (Å²) in [5.41, 5.74) is 1.55. The number of piperidine rings is 1. The standard InChI is InChI=1S/C18H24FN3O2/c1-2-8-21-9-10-22(16-11-13(19)6-7-15(16)21)18(24)12-14-4-3-5-17(23)20-14/h6-7,11,14H,2-5,8-10,12H2,1H3,(H,20,23). The molecule has 2 heterocycles. The normalized spacial score (nSPS) is 20.6. The van der Waals surface area contributed by atoms with Crippen molar-refractivity contribution in [3.63, 3.8) is 0 Å². The van der Waals surface area contributed by atoms with E-state index in [2.05, 4.69) is 17.1 Å². The Kier molecular flexibility index (Phi) is 5.02. The van der Waals surface area contributed by atoms with Crippen molar-refractivity contribution < 1.29 is 14.0 Å². The third kappa shape index (κ3) is 3.52. The molecule has 3 rings (SSSR count). The Morgan fingerprint density at radius 2 is 2.17 bits per heavy atom. The maximum absolute atomic E-state index is 13.7. The molecule has 1 aromatic carbocycles. The van der Waals surface area contributed by atoms with E-state index in [-0.39, 0.29) is 30.1 Å². The maximum Gasteiger partial charge on any atom is 0.229 e. The molecule has 0 radical (unpaired) electrons. The Balaban J connectivity index is 1.78. The summed E-state index contributed by atoms with van der Waals surface area (Å²) in [5.74, 6) is -0.376. The van der Waals surface area contributed by atoms with Crippen molar-refractivity contribution in [3.05, 3.63) is 24.0 Å². The number of hydrogen-bond acceptors (Lipinski definition) is 3. The van der Waals surface area contributed by atoms with E-state index < -0.39 is 0 Å². The minimum atomic E-state index is -0.337. The first kappa shape index (κ1) is 16.7. The topological polar surface area (TPSA) is 52.7 Å². The largest absolute Gasteiger partial charge is 0.368 e. The van der Waals surface area contributed by atoms with Gasteiger partial charge in [-0.25, -0.2) is 4.39 Å². The lowest BCUT2D eigenvalue weighted by Gasteiger charge is -2.38. The lowest BCUT2D eigenvalue weighted by atomic mass is 10.0. The second kappa shape index (κ2) is 7.20. The van der Waals surface area contributed by atoms with Crippen molar-refractivity contribution in [2.45, 2.75) is 45.1 Å². The fraction of sp³-hybridized carbons (Fsp3) is 0.556. The third-order valence-corrected chi connectivity index (χ3v) is 4.70. The van der Waals surface area contributed by atoms with Gasteiger partial charge in [0.25, 0.3) is 0 Å². The summed E-state index contributed by atoms with van der Waals surface area (Å²) in [7, 11) is 0. The van der Waals surface area contributed by atoms with Gasteiger partial charge in [0.1, 0.15) is 5.82 Å². The lowest BCUT2D eigenvalue weighted by molar-refractivity contribution is -0.124. The smallest absolute Gasteiger partial charge is 0.229 e. The van der Waals surface area contributed by atoms with Crippen molar-refractivity contribution >= 4 is 23.2 Å². The molecule has 130 valence electrons. The van der Waals surface area contributed by atoms with Crippen LogP contribution in [-0.2, 0) is 9.59 Å². The number of amides is 2. The number of benzene rings is 1. The second-order valence-electron chi connectivity index (χ2n) is 6.53. The van der Waals surface area contributed by atoms with Crippen molar-refractivity contribution in [1.82, 2.24) is 5.32 Å². The van der Waals surface area contributed by atoms with Gasteiger partial charge >= 0.3 is 0 Å². The molecular formula is C18H24FN3O2. The van der Waals surface area contributed by atoms with Crippen molar-refractivity contribution in [2.75, 3.05) is 29.4 Å². The molecule has 1 fully saturated rings. The summed E-state index contributed by atoms with van der Waals surface area (Å²) in [6, 6.07) is 4.53. The minimum absolute atomic E-state index is 0.0123. The van der Waals surface area contributed by atoms with Crippen LogP contribution in [0.3, 0.4) is 0 Å². The predicted octanol–water partition coefficient (Wildman–Crippen LogP) is 2.45. The zero-order chi connectivity index (χ0) is 17.1. The molecular weight excluding hydrogens is 309 g/mol. The molecule has 1 aromatic rings. The highest BCUT2D eigenvalue weighted by molar-refractivity contribution is 5.98. The summed E-state index contributed by atoms with van der Waals surface area (Å²) >= 11 is 0. The van der Waals surface area contributed by atoms with Crippen molar-refractivity contribution in [3.8, 4) is 0 Å². The SMILES string of the molecule is CCCN1CCN(C(=O)CC2CCCC(=O)N2)c2cc(F)ccc21. The number of nitrogens with one attached hydrogen (secondary N) is 1. The van der Waals surface area contributed by atoms with Gasteiger partial charge in [-0.05, 0) is 37.5 Å². The Labute approximate surface area is 141 Å².